The van der Waals surface area contributed by atoms with Gasteiger partial charge in [-0.05, 0) is 45.6 Å². The van der Waals surface area contributed by atoms with Gasteiger partial charge in [-0.15, -0.1) is 0 Å². The first-order valence-electron chi connectivity index (χ1n) is 7.71. The van der Waals surface area contributed by atoms with Crippen molar-refractivity contribution in [3.05, 3.63) is 0 Å². The van der Waals surface area contributed by atoms with Crippen LogP contribution in [0, 0.1) is 0 Å². The van der Waals surface area contributed by atoms with Crippen LogP contribution in [0.5, 0.6) is 0 Å². The van der Waals surface area contributed by atoms with Gasteiger partial charge < -0.3 is 5.32 Å². The number of nitrogens with zero attached hydrogens (tertiary/aromatic N) is 1. The molecule has 2 nitrogen and oxygen atoms in total. The number of rotatable bonds is 3. The zero-order valence-corrected chi connectivity index (χ0v) is 12.0. The molecule has 1 aliphatic heterocycles. The lowest BCUT2D eigenvalue weighted by Crippen LogP contribution is -2.52. The molecule has 2 rings (SSSR count). The number of nitrogens with one attached hydrogen (secondary N) is 1. The van der Waals surface area contributed by atoms with E-state index in [1.54, 1.807) is 0 Å². The fourth-order valence-corrected chi connectivity index (χ4v) is 3.91. The van der Waals surface area contributed by atoms with Gasteiger partial charge in [-0.2, -0.15) is 0 Å². The molecule has 1 spiro atoms. The van der Waals surface area contributed by atoms with Gasteiger partial charge in [0.05, 0.1) is 0 Å². The Morgan fingerprint density at radius 3 is 2.47 bits per heavy atom. The fourth-order valence-electron chi connectivity index (χ4n) is 3.91. The molecular weight excluding hydrogens is 208 g/mol. The highest BCUT2D eigenvalue weighted by atomic mass is 15.2. The van der Waals surface area contributed by atoms with Gasteiger partial charge in [-0.1, -0.05) is 26.7 Å². The maximum atomic E-state index is 3.88. The molecule has 0 bridgehead atoms. The Morgan fingerprint density at radius 1 is 1.24 bits per heavy atom. The second kappa shape index (κ2) is 5.71. The Balaban J connectivity index is 2.10. The molecular formula is C15H30N2. The van der Waals surface area contributed by atoms with Gasteiger partial charge in [-0.25, -0.2) is 0 Å². The molecule has 2 aliphatic rings. The molecule has 1 heterocycles. The van der Waals surface area contributed by atoms with E-state index in [-0.39, 0.29) is 0 Å². The molecule has 1 saturated heterocycles. The fraction of sp³-hybridized carbons (Fsp3) is 1.00. The van der Waals surface area contributed by atoms with E-state index in [9.17, 15) is 0 Å². The molecule has 0 amide bonds. The van der Waals surface area contributed by atoms with Crippen molar-refractivity contribution < 1.29 is 0 Å². The monoisotopic (exact) mass is 238 g/mol. The van der Waals surface area contributed by atoms with E-state index in [4.69, 9.17) is 0 Å². The van der Waals surface area contributed by atoms with E-state index in [2.05, 4.69) is 31.0 Å². The summed E-state index contributed by atoms with van der Waals surface area (Å²) in [6.07, 6.45) is 9.58. The van der Waals surface area contributed by atoms with Crippen molar-refractivity contribution >= 4 is 0 Å². The summed E-state index contributed by atoms with van der Waals surface area (Å²) in [6, 6.07) is 1.55. The van der Waals surface area contributed by atoms with E-state index >= 15 is 0 Å². The first-order valence-corrected chi connectivity index (χ1v) is 7.71. The molecule has 0 aromatic rings. The highest BCUT2D eigenvalue weighted by molar-refractivity contribution is 4.99. The topological polar surface area (TPSA) is 15.3 Å². The lowest BCUT2D eigenvalue weighted by Gasteiger charge is -2.39. The van der Waals surface area contributed by atoms with Crippen LogP contribution in [-0.4, -0.2) is 35.6 Å². The third kappa shape index (κ3) is 2.85. The summed E-state index contributed by atoms with van der Waals surface area (Å²) in [5.41, 5.74) is 0.466. The van der Waals surface area contributed by atoms with Crippen LogP contribution in [-0.2, 0) is 0 Å². The zero-order valence-electron chi connectivity index (χ0n) is 12.0. The largest absolute Gasteiger partial charge is 0.310 e. The van der Waals surface area contributed by atoms with Crippen LogP contribution in [0.1, 0.15) is 65.7 Å². The summed E-state index contributed by atoms with van der Waals surface area (Å²) in [6.45, 7) is 9.63. The van der Waals surface area contributed by atoms with Gasteiger partial charge in [0.1, 0.15) is 0 Å². The summed E-state index contributed by atoms with van der Waals surface area (Å²) in [4.78, 5) is 2.81. The zero-order chi connectivity index (χ0) is 12.3. The van der Waals surface area contributed by atoms with E-state index in [0.717, 1.165) is 12.1 Å². The van der Waals surface area contributed by atoms with Crippen LogP contribution in [0.3, 0.4) is 0 Å². The predicted molar refractivity (Wildman–Crippen MR) is 74.4 cm³/mol. The molecule has 2 fully saturated rings. The minimum atomic E-state index is 0.466. The van der Waals surface area contributed by atoms with Crippen molar-refractivity contribution in [1.29, 1.82) is 0 Å². The van der Waals surface area contributed by atoms with Crippen molar-refractivity contribution in [2.45, 2.75) is 83.3 Å². The van der Waals surface area contributed by atoms with E-state index < -0.39 is 0 Å². The molecule has 0 aromatic heterocycles. The Labute approximate surface area is 107 Å². The molecule has 1 saturated carbocycles. The molecule has 17 heavy (non-hydrogen) atoms. The smallest absolute Gasteiger partial charge is 0.0309 e. The third-order valence-electron chi connectivity index (χ3n) is 5.09. The van der Waals surface area contributed by atoms with Crippen LogP contribution in [0.2, 0.25) is 0 Å². The average Bonchev–Trinajstić information content (AvgIpc) is 2.71. The summed E-state index contributed by atoms with van der Waals surface area (Å²) >= 11 is 0. The van der Waals surface area contributed by atoms with E-state index in [1.807, 2.05) is 0 Å². The minimum absolute atomic E-state index is 0.466. The number of hydrogen-bond acceptors (Lipinski definition) is 2. The summed E-state index contributed by atoms with van der Waals surface area (Å²) in [5.74, 6) is 0. The van der Waals surface area contributed by atoms with Crippen LogP contribution in [0.25, 0.3) is 0 Å². The molecule has 100 valence electrons. The quantitative estimate of drug-likeness (QED) is 0.812. The van der Waals surface area contributed by atoms with Crippen molar-refractivity contribution in [1.82, 2.24) is 10.2 Å². The van der Waals surface area contributed by atoms with Crippen molar-refractivity contribution in [2.75, 3.05) is 13.1 Å². The van der Waals surface area contributed by atoms with Crippen LogP contribution in [0.4, 0.5) is 0 Å². The van der Waals surface area contributed by atoms with E-state index in [1.165, 1.54) is 58.0 Å². The molecule has 0 aromatic carbocycles. The van der Waals surface area contributed by atoms with E-state index in [0.29, 0.717) is 5.54 Å². The molecule has 1 unspecified atom stereocenters. The Kier molecular flexibility index (Phi) is 4.48. The van der Waals surface area contributed by atoms with Gasteiger partial charge >= 0.3 is 0 Å². The van der Waals surface area contributed by atoms with Crippen LogP contribution in [0.15, 0.2) is 0 Å². The van der Waals surface area contributed by atoms with Crippen molar-refractivity contribution in [3.63, 3.8) is 0 Å². The maximum Gasteiger partial charge on any atom is 0.0309 e. The van der Waals surface area contributed by atoms with Gasteiger partial charge in [-0.3, -0.25) is 4.90 Å². The average molecular weight is 238 g/mol. The van der Waals surface area contributed by atoms with Crippen LogP contribution < -0.4 is 5.32 Å². The highest BCUT2D eigenvalue weighted by Gasteiger charge is 2.39. The lowest BCUT2D eigenvalue weighted by molar-refractivity contribution is 0.108. The molecule has 1 atom stereocenters. The second-order valence-electron chi connectivity index (χ2n) is 6.19. The Hall–Kier alpha value is -0.0800. The van der Waals surface area contributed by atoms with Gasteiger partial charge in [0.25, 0.3) is 0 Å². The van der Waals surface area contributed by atoms with Crippen molar-refractivity contribution in [2.24, 2.45) is 0 Å². The summed E-state index contributed by atoms with van der Waals surface area (Å²) in [5, 5.41) is 3.88. The predicted octanol–water partition coefficient (Wildman–Crippen LogP) is 3.17. The Bertz CT molecular complexity index is 229. The van der Waals surface area contributed by atoms with Crippen molar-refractivity contribution in [3.8, 4) is 0 Å². The minimum Gasteiger partial charge on any atom is -0.310 e. The van der Waals surface area contributed by atoms with Gasteiger partial charge in [0.15, 0.2) is 0 Å². The molecule has 2 heteroatoms. The van der Waals surface area contributed by atoms with Gasteiger partial charge in [0.2, 0.25) is 0 Å². The second-order valence-corrected chi connectivity index (χ2v) is 6.19. The summed E-state index contributed by atoms with van der Waals surface area (Å²) < 4.78 is 0. The third-order valence-corrected chi connectivity index (χ3v) is 5.09. The highest BCUT2D eigenvalue weighted by Crippen LogP contribution is 2.34. The van der Waals surface area contributed by atoms with Crippen LogP contribution >= 0.6 is 0 Å². The first kappa shape index (κ1) is 13.4. The van der Waals surface area contributed by atoms with Gasteiger partial charge in [0, 0.05) is 24.2 Å². The lowest BCUT2D eigenvalue weighted by atomic mass is 9.95. The Morgan fingerprint density at radius 2 is 1.88 bits per heavy atom. The normalized spacial score (nSPS) is 30.0. The maximum absolute atomic E-state index is 3.88. The first-order chi connectivity index (χ1) is 8.21. The molecule has 1 aliphatic carbocycles. The standard InChI is InChI=1S/C15H30N2/c1-4-14(5-2)17-12-15(9-6-7-10-15)16-11-8-13(17)3/h13-14,16H,4-12H2,1-3H3. The summed E-state index contributed by atoms with van der Waals surface area (Å²) in [7, 11) is 0. The number of hydrogen-bond donors (Lipinski definition) is 1. The molecule has 1 N–H and O–H groups in total. The molecule has 0 radical (unpaired) electrons. The SMILES string of the molecule is CCC(CC)N1CC2(CCCC2)NCCC1C.